The van der Waals surface area contributed by atoms with Gasteiger partial charge in [0.25, 0.3) is 5.91 Å². The van der Waals surface area contributed by atoms with Crippen LogP contribution < -0.4 is 15.4 Å². The van der Waals surface area contributed by atoms with Gasteiger partial charge in [-0.25, -0.2) is 0 Å². The van der Waals surface area contributed by atoms with E-state index >= 15 is 0 Å². The molecular weight excluding hydrogens is 310 g/mol. The summed E-state index contributed by atoms with van der Waals surface area (Å²) in [4.78, 5) is 22.5. The number of carbonyl (C=O) groups excluding carboxylic acids is 1. The van der Waals surface area contributed by atoms with E-state index in [0.29, 0.717) is 5.56 Å². The summed E-state index contributed by atoms with van der Waals surface area (Å²) in [7, 11) is 1.34. The van der Waals surface area contributed by atoms with Crippen molar-refractivity contribution in [2.75, 3.05) is 13.7 Å². The number of hydrogen-bond donors (Lipinski definition) is 2. The summed E-state index contributed by atoms with van der Waals surface area (Å²) in [6.07, 6.45) is 1.93. The van der Waals surface area contributed by atoms with Crippen molar-refractivity contribution in [1.29, 1.82) is 0 Å². The summed E-state index contributed by atoms with van der Waals surface area (Å²) in [5.41, 5.74) is 0.206. The highest BCUT2D eigenvalue weighted by atomic mass is 35.5. The Morgan fingerprint density at radius 1 is 1.50 bits per heavy atom. The first-order chi connectivity index (χ1) is 10.0. The minimum atomic E-state index is -0.534. The van der Waals surface area contributed by atoms with Gasteiger partial charge in [0.15, 0.2) is 5.75 Å². The number of amides is 1. The van der Waals surface area contributed by atoms with E-state index in [-0.39, 0.29) is 41.8 Å². The fourth-order valence-corrected chi connectivity index (χ4v) is 2.46. The molecule has 2 rings (SSSR count). The number of halogens is 1. The zero-order valence-electron chi connectivity index (χ0n) is 12.5. The van der Waals surface area contributed by atoms with Gasteiger partial charge in [0, 0.05) is 29.8 Å². The van der Waals surface area contributed by atoms with Crippen LogP contribution >= 0.6 is 12.4 Å². The fourth-order valence-electron chi connectivity index (χ4n) is 2.46. The average molecular weight is 330 g/mol. The van der Waals surface area contributed by atoms with E-state index < -0.39 is 4.92 Å². The second-order valence-corrected chi connectivity index (χ2v) is 5.11. The molecule has 0 bridgehead atoms. The Labute approximate surface area is 135 Å². The Morgan fingerprint density at radius 3 is 2.82 bits per heavy atom. The Bertz CT molecular complexity index is 553. The van der Waals surface area contributed by atoms with Gasteiger partial charge >= 0.3 is 5.69 Å². The van der Waals surface area contributed by atoms with Crippen LogP contribution in [0.3, 0.4) is 0 Å². The van der Waals surface area contributed by atoms with E-state index in [4.69, 9.17) is 4.74 Å². The fraction of sp³-hybridized carbons (Fsp3) is 0.500. The van der Waals surface area contributed by atoms with Gasteiger partial charge in [0.2, 0.25) is 0 Å². The molecule has 2 N–H and O–H groups in total. The topological polar surface area (TPSA) is 93.5 Å². The number of carbonyl (C=O) groups is 1. The minimum absolute atomic E-state index is 0. The van der Waals surface area contributed by atoms with Crippen molar-refractivity contribution < 1.29 is 14.5 Å². The van der Waals surface area contributed by atoms with Gasteiger partial charge in [0.05, 0.1) is 12.0 Å². The first kappa shape index (κ1) is 18.2. The van der Waals surface area contributed by atoms with E-state index in [9.17, 15) is 14.9 Å². The Balaban J connectivity index is 0.00000242. The van der Waals surface area contributed by atoms with Crippen molar-refractivity contribution in [3.63, 3.8) is 0 Å². The molecule has 2 atom stereocenters. The lowest BCUT2D eigenvalue weighted by molar-refractivity contribution is -0.385. The molecule has 0 aromatic heterocycles. The van der Waals surface area contributed by atoms with Crippen molar-refractivity contribution >= 4 is 24.0 Å². The lowest BCUT2D eigenvalue weighted by atomic mass is 9.99. The number of rotatable bonds is 4. The number of nitrogens with zero attached hydrogens (tertiary/aromatic N) is 1. The summed E-state index contributed by atoms with van der Waals surface area (Å²) in [5.74, 6) is -0.161. The van der Waals surface area contributed by atoms with Gasteiger partial charge in [-0.3, -0.25) is 14.9 Å². The van der Waals surface area contributed by atoms with Crippen LogP contribution in [0.2, 0.25) is 0 Å². The number of methoxy groups -OCH3 is 1. The van der Waals surface area contributed by atoms with Crippen molar-refractivity contribution in [3.8, 4) is 5.75 Å². The molecule has 2 unspecified atom stereocenters. The second kappa shape index (κ2) is 7.95. The Hall–Kier alpha value is -1.86. The van der Waals surface area contributed by atoms with Crippen LogP contribution in [0.4, 0.5) is 5.69 Å². The van der Waals surface area contributed by atoms with Gasteiger partial charge in [-0.05, 0) is 32.4 Å². The van der Waals surface area contributed by atoms with Gasteiger partial charge in [-0.2, -0.15) is 0 Å². The van der Waals surface area contributed by atoms with E-state index in [0.717, 1.165) is 19.4 Å². The van der Waals surface area contributed by atoms with Gasteiger partial charge in [-0.15, -0.1) is 12.4 Å². The number of hydrogen-bond acceptors (Lipinski definition) is 5. The molecule has 0 spiro atoms. The summed E-state index contributed by atoms with van der Waals surface area (Å²) in [6.45, 7) is 2.99. The summed E-state index contributed by atoms with van der Waals surface area (Å²) in [6, 6.07) is 4.40. The number of benzene rings is 1. The molecule has 1 aromatic rings. The van der Waals surface area contributed by atoms with Gasteiger partial charge in [-0.1, -0.05) is 0 Å². The predicted octanol–water partition coefficient (Wildman–Crippen LogP) is 1.90. The van der Waals surface area contributed by atoms with E-state index in [1.54, 1.807) is 0 Å². The maximum atomic E-state index is 12.2. The SMILES string of the molecule is COc1cc(C(=O)NC2CCCNC2C)ccc1[N+](=O)[O-].Cl. The maximum Gasteiger partial charge on any atom is 0.310 e. The molecule has 122 valence electrons. The van der Waals surface area contributed by atoms with Crippen molar-refractivity contribution in [1.82, 2.24) is 10.6 Å². The molecule has 0 radical (unpaired) electrons. The van der Waals surface area contributed by atoms with Crippen LogP contribution in [-0.2, 0) is 0 Å². The first-order valence-electron chi connectivity index (χ1n) is 6.89. The van der Waals surface area contributed by atoms with Crippen molar-refractivity contribution in [2.45, 2.75) is 31.8 Å². The Kier molecular flexibility index (Phi) is 6.58. The third kappa shape index (κ3) is 4.08. The maximum absolute atomic E-state index is 12.2. The molecule has 1 aliphatic heterocycles. The standard InChI is InChI=1S/C14H19N3O4.ClH/c1-9-11(4-3-7-15-9)16-14(18)10-5-6-12(17(19)20)13(8-10)21-2;/h5-6,8-9,11,15H,3-4,7H2,1-2H3,(H,16,18);1H. The molecule has 0 aliphatic carbocycles. The minimum Gasteiger partial charge on any atom is -0.490 e. The van der Waals surface area contributed by atoms with Crippen LogP contribution in [0.1, 0.15) is 30.1 Å². The van der Waals surface area contributed by atoms with Gasteiger partial charge in [0.1, 0.15) is 0 Å². The highest BCUT2D eigenvalue weighted by molar-refractivity contribution is 5.95. The van der Waals surface area contributed by atoms with Crippen LogP contribution in [0, 0.1) is 10.1 Å². The van der Waals surface area contributed by atoms with E-state index in [2.05, 4.69) is 10.6 Å². The van der Waals surface area contributed by atoms with Crippen LogP contribution in [0.5, 0.6) is 5.75 Å². The highest BCUT2D eigenvalue weighted by Crippen LogP contribution is 2.27. The molecular formula is C14H20ClN3O4. The molecule has 1 saturated heterocycles. The molecule has 8 heteroatoms. The summed E-state index contributed by atoms with van der Waals surface area (Å²) >= 11 is 0. The normalized spacial score (nSPS) is 20.6. The molecule has 1 aromatic carbocycles. The molecule has 22 heavy (non-hydrogen) atoms. The second-order valence-electron chi connectivity index (χ2n) is 5.11. The number of nitro benzene ring substituents is 1. The Morgan fingerprint density at radius 2 is 2.23 bits per heavy atom. The lowest BCUT2D eigenvalue weighted by Gasteiger charge is -2.30. The molecule has 1 aliphatic rings. The van der Waals surface area contributed by atoms with Crippen molar-refractivity contribution in [3.05, 3.63) is 33.9 Å². The quantitative estimate of drug-likeness (QED) is 0.650. The van der Waals surface area contributed by atoms with E-state index in [1.165, 1.54) is 25.3 Å². The molecule has 1 fully saturated rings. The average Bonchev–Trinajstić information content (AvgIpc) is 2.48. The third-order valence-electron chi connectivity index (χ3n) is 3.72. The molecule has 0 saturated carbocycles. The zero-order valence-corrected chi connectivity index (χ0v) is 13.3. The number of piperidine rings is 1. The number of nitro groups is 1. The van der Waals surface area contributed by atoms with Crippen molar-refractivity contribution in [2.24, 2.45) is 0 Å². The molecule has 1 amide bonds. The van der Waals surface area contributed by atoms with Gasteiger partial charge < -0.3 is 15.4 Å². The lowest BCUT2D eigenvalue weighted by Crippen LogP contribution is -2.51. The first-order valence-corrected chi connectivity index (χ1v) is 6.89. The largest absolute Gasteiger partial charge is 0.490 e. The molecule has 1 heterocycles. The molecule has 7 nitrogen and oxygen atoms in total. The zero-order chi connectivity index (χ0) is 15.4. The third-order valence-corrected chi connectivity index (χ3v) is 3.72. The predicted molar refractivity (Wildman–Crippen MR) is 84.8 cm³/mol. The van der Waals surface area contributed by atoms with E-state index in [1.807, 2.05) is 6.92 Å². The summed E-state index contributed by atoms with van der Waals surface area (Å²) < 4.78 is 4.97. The smallest absolute Gasteiger partial charge is 0.310 e. The monoisotopic (exact) mass is 329 g/mol. The van der Waals surface area contributed by atoms with Crippen LogP contribution in [-0.4, -0.2) is 36.6 Å². The number of ether oxygens (including phenoxy) is 1. The van der Waals surface area contributed by atoms with Crippen LogP contribution in [0.25, 0.3) is 0 Å². The van der Waals surface area contributed by atoms with Crippen LogP contribution in [0.15, 0.2) is 18.2 Å². The highest BCUT2D eigenvalue weighted by Gasteiger charge is 2.24. The number of nitrogens with one attached hydrogen (secondary N) is 2. The summed E-state index contributed by atoms with van der Waals surface area (Å²) in [5, 5.41) is 17.1.